The quantitative estimate of drug-likeness (QED) is 0.161. The Morgan fingerprint density at radius 2 is 0.774 bits per heavy atom. The Hall–Kier alpha value is -8.41. The third kappa shape index (κ3) is 5.90. The number of aromatic nitrogens is 5. The fourth-order valence-corrected chi connectivity index (χ4v) is 6.88. The maximum atomic E-state index is 10.4. The van der Waals surface area contributed by atoms with Gasteiger partial charge in [0, 0.05) is 38.2 Å². The summed E-state index contributed by atoms with van der Waals surface area (Å²) in [6.07, 6.45) is 0. The second kappa shape index (κ2) is 14.7. The van der Waals surface area contributed by atoms with Crippen molar-refractivity contribution in [3.63, 3.8) is 0 Å². The summed E-state index contributed by atoms with van der Waals surface area (Å²) in [6.45, 7) is 0. The zero-order valence-electron chi connectivity index (χ0n) is 66.8. The summed E-state index contributed by atoms with van der Waals surface area (Å²) in [5.41, 5.74) is -11.8. The van der Waals surface area contributed by atoms with Gasteiger partial charge in [-0.25, -0.2) is 4.98 Å². The van der Waals surface area contributed by atoms with E-state index in [0.717, 1.165) is 6.07 Å². The van der Waals surface area contributed by atoms with Crippen LogP contribution in [0.4, 0.5) is 0 Å². The highest BCUT2D eigenvalue weighted by Crippen LogP contribution is 2.44. The minimum atomic E-state index is -1.29. The van der Waals surface area contributed by atoms with E-state index in [-0.39, 0.29) is 0 Å². The van der Waals surface area contributed by atoms with Crippen molar-refractivity contribution in [2.75, 3.05) is 0 Å². The molecule has 12 rings (SSSR count). The molecule has 0 radical (unpaired) electrons. The van der Waals surface area contributed by atoms with Crippen LogP contribution in [-0.4, -0.2) is 24.1 Å². The summed E-state index contributed by atoms with van der Waals surface area (Å²) in [4.78, 5) is 13.5. The maximum Gasteiger partial charge on any atom is 0.238 e. The van der Waals surface area contributed by atoms with Gasteiger partial charge in [-0.1, -0.05) is 205 Å². The molecule has 3 aromatic heterocycles. The topological polar surface area (TPSA) is 48.5 Å². The van der Waals surface area contributed by atoms with Crippen molar-refractivity contribution >= 4 is 43.6 Å². The molecule has 0 bridgehead atoms. The van der Waals surface area contributed by atoms with Gasteiger partial charge < -0.3 is 4.57 Å². The van der Waals surface area contributed by atoms with E-state index in [1.807, 2.05) is 0 Å². The van der Waals surface area contributed by atoms with Crippen molar-refractivity contribution in [2.24, 2.45) is 0 Å². The molecule has 0 aliphatic rings. The van der Waals surface area contributed by atoms with E-state index in [1.54, 1.807) is 0 Å². The van der Waals surface area contributed by atoms with Crippen LogP contribution in [0, 0.1) is 0 Å². The molecule has 62 heavy (non-hydrogen) atoms. The molecule has 9 aromatic carbocycles. The SMILES string of the molecule is [2H]c1cc(-c2c([2H])c([2H])c(-c3nc(-c4c([2H])c([2H])c([2H])c([2H])c4[2H])nc(-n4c5c([2H])c([2H])c([2H])c([2H])c5c5c([2H])c([2H])c6c7c([2H])c([2H])c([2H])c([2H])c7n(-c7c([2H])c(-c8c([2H])c([2H])c([2H])c([2H])c8[2H])c([2H])c([2H])c7-c7c([2H])c([2H])c([2H])c([2H])c7[2H])c6c54)n3)c([2H])c2[2H])c([2H])c([2H])c1[2H]. The number of para-hydroxylation sites is 2. The fraction of sp³-hybridized carbons (Fsp3) is 0. The first-order chi connectivity index (χ1) is 45.7. The van der Waals surface area contributed by atoms with E-state index < -0.39 is 329 Å². The van der Waals surface area contributed by atoms with Crippen LogP contribution in [0.15, 0.2) is 224 Å². The smallest absolute Gasteiger partial charge is 0.238 e. The van der Waals surface area contributed by atoms with Gasteiger partial charge in [0.05, 0.1) is 77.1 Å². The molecule has 12 aromatic rings. The molecule has 0 saturated carbocycles. The molecule has 0 fully saturated rings. The predicted octanol–water partition coefficient (Wildman–Crippen LogP) is 14.4. The number of rotatable bonds is 7. The van der Waals surface area contributed by atoms with E-state index in [1.165, 1.54) is 0 Å². The van der Waals surface area contributed by atoms with E-state index in [9.17, 15) is 20.6 Å². The van der Waals surface area contributed by atoms with Crippen molar-refractivity contribution < 1.29 is 49.3 Å². The Labute approximate surface area is 409 Å². The normalized spacial score (nSPS) is 19.7. The third-order valence-electron chi connectivity index (χ3n) is 9.47. The van der Waals surface area contributed by atoms with Gasteiger partial charge in [0.15, 0.2) is 11.6 Å². The number of hydrogen-bond donors (Lipinski definition) is 0. The van der Waals surface area contributed by atoms with Gasteiger partial charge >= 0.3 is 0 Å². The molecule has 3 heterocycles. The Bertz CT molecular complexity index is 5660. The summed E-state index contributed by atoms with van der Waals surface area (Å²) < 4.78 is 330. The Kier molecular flexibility index (Phi) is 3.47. The van der Waals surface area contributed by atoms with Gasteiger partial charge in [-0.05, 0) is 45.9 Å². The summed E-state index contributed by atoms with van der Waals surface area (Å²) in [5.74, 6) is -3.19. The van der Waals surface area contributed by atoms with Gasteiger partial charge in [-0.2, -0.15) is 9.97 Å². The first kappa shape index (κ1) is 14.6. The summed E-state index contributed by atoms with van der Waals surface area (Å²) >= 11 is 0. The lowest BCUT2D eigenvalue weighted by Gasteiger charge is -2.17. The fourth-order valence-electron chi connectivity index (χ4n) is 6.88. The van der Waals surface area contributed by atoms with Crippen molar-refractivity contribution in [3.8, 4) is 67.8 Å². The molecule has 0 amide bonds. The second-order valence-corrected chi connectivity index (χ2v) is 12.9. The highest BCUT2D eigenvalue weighted by atomic mass is 15.2. The Morgan fingerprint density at radius 1 is 0.323 bits per heavy atom. The van der Waals surface area contributed by atoms with Crippen LogP contribution in [0.1, 0.15) is 49.3 Å². The predicted molar refractivity (Wildman–Crippen MR) is 256 cm³/mol. The lowest BCUT2D eigenvalue weighted by atomic mass is 9.98. The number of nitrogens with zero attached hydrogens (tertiary/aromatic N) is 5. The molecule has 5 heteroatoms. The van der Waals surface area contributed by atoms with Crippen molar-refractivity contribution in [1.29, 1.82) is 0 Å². The van der Waals surface area contributed by atoms with Gasteiger partial charge in [-0.15, -0.1) is 0 Å². The highest BCUT2D eigenvalue weighted by molar-refractivity contribution is 6.24. The Balaban J connectivity index is 1.42. The van der Waals surface area contributed by atoms with Crippen LogP contribution >= 0.6 is 0 Å². The third-order valence-corrected chi connectivity index (χ3v) is 9.47. The molecule has 0 aliphatic carbocycles. The average Bonchev–Trinajstić information content (AvgIpc) is 1.50. The largest absolute Gasteiger partial charge is 0.307 e. The summed E-state index contributed by atoms with van der Waals surface area (Å²) in [7, 11) is 0. The Morgan fingerprint density at radius 3 is 1.42 bits per heavy atom. The second-order valence-electron chi connectivity index (χ2n) is 12.9. The molecular weight excluding hydrogens is 755 g/mol. The minimum Gasteiger partial charge on any atom is -0.307 e. The molecule has 0 saturated heterocycles. The molecule has 0 atom stereocenters. The summed E-state index contributed by atoms with van der Waals surface area (Å²) in [6, 6.07) is -36.9. The zero-order chi connectivity index (χ0) is 72.3. The van der Waals surface area contributed by atoms with Crippen LogP contribution in [0.3, 0.4) is 0 Å². The van der Waals surface area contributed by atoms with Crippen molar-refractivity contribution in [3.05, 3.63) is 224 Å². The summed E-state index contributed by atoms with van der Waals surface area (Å²) in [5, 5.41) is -3.14. The average molecular weight is 828 g/mol. The zero-order valence-corrected chi connectivity index (χ0v) is 30.8. The van der Waals surface area contributed by atoms with Crippen LogP contribution in [0.25, 0.3) is 111 Å². The molecule has 290 valence electrons. The molecular formula is C57H37N5. The van der Waals surface area contributed by atoms with E-state index >= 15 is 0 Å². The first-order valence-corrected chi connectivity index (χ1v) is 18.0. The maximum absolute atomic E-state index is 10.4. The van der Waals surface area contributed by atoms with Gasteiger partial charge in [-0.3, -0.25) is 4.57 Å². The number of benzene rings is 9. The van der Waals surface area contributed by atoms with Gasteiger partial charge in [0.25, 0.3) is 0 Å². The van der Waals surface area contributed by atoms with Gasteiger partial charge in [0.2, 0.25) is 5.95 Å². The highest BCUT2D eigenvalue weighted by Gasteiger charge is 2.25. The first-order valence-electron chi connectivity index (χ1n) is 36.0. The molecule has 0 aliphatic heterocycles. The van der Waals surface area contributed by atoms with Crippen LogP contribution in [0.5, 0.6) is 0 Å². The number of fused-ring (bicyclic) bond motifs is 7. The van der Waals surface area contributed by atoms with Crippen molar-refractivity contribution in [2.45, 2.75) is 0 Å². The van der Waals surface area contributed by atoms with E-state index in [0.29, 0.717) is 9.13 Å². The van der Waals surface area contributed by atoms with Crippen molar-refractivity contribution in [1.82, 2.24) is 24.1 Å². The minimum absolute atomic E-state index is 0.530. The lowest BCUT2D eigenvalue weighted by molar-refractivity contribution is 0.953. The van der Waals surface area contributed by atoms with Crippen LogP contribution in [-0.2, 0) is 0 Å². The molecule has 0 unspecified atom stereocenters. The lowest BCUT2D eigenvalue weighted by Crippen LogP contribution is -2.07. The molecule has 0 N–H and O–H groups in total. The number of hydrogen-bond acceptors (Lipinski definition) is 3. The molecule has 5 nitrogen and oxygen atoms in total. The van der Waals surface area contributed by atoms with Crippen LogP contribution in [0.2, 0.25) is 0 Å². The van der Waals surface area contributed by atoms with Gasteiger partial charge in [0.1, 0.15) is 0 Å². The van der Waals surface area contributed by atoms with E-state index in [2.05, 4.69) is 15.0 Å². The van der Waals surface area contributed by atoms with E-state index in [4.69, 9.17) is 28.8 Å². The monoisotopic (exact) mass is 828 g/mol. The standard InChI is InChI=1S/C57H37N5/c1-5-17-38(18-6-1)40-29-31-43(32-30-40)56-58-55(42-23-11-4-12-24-42)59-57(60-56)62-51-28-16-14-26-47(51)49-36-35-48-46-25-13-15-27-50(46)61(53(48)54(49)62)52-37-44(39-19-7-2-8-20-39)33-34-45(52)41-21-9-3-10-22-41/h1-37H/i1D,2D,3D,4D,5D,6D,7D,8D,9D,10D,11D,12D,13D,14D,15D,16D,17D,19D,20D,21D,22D,23D,24D,25D,26D,27D,28D,29D,30D,31D,32D,33D,34D,35D,36D,37D. The van der Waals surface area contributed by atoms with Crippen LogP contribution < -0.4 is 0 Å². The molecule has 0 spiro atoms.